The highest BCUT2D eigenvalue weighted by Crippen LogP contribution is 2.18. The lowest BCUT2D eigenvalue weighted by molar-refractivity contribution is -0.131. The molecule has 1 aromatic heterocycles. The minimum Gasteiger partial charge on any atom is -0.494 e. The summed E-state index contributed by atoms with van der Waals surface area (Å²) in [4.78, 5) is 25.9. The number of fused-ring (bicyclic) bond motifs is 1. The average Bonchev–Trinajstić information content (AvgIpc) is 2.82. The number of amides is 1. The fourth-order valence-electron chi connectivity index (χ4n) is 3.68. The molecule has 1 saturated heterocycles. The molecule has 2 aromatic carbocycles. The van der Waals surface area contributed by atoms with E-state index in [2.05, 4.69) is 28.9 Å². The van der Waals surface area contributed by atoms with Gasteiger partial charge in [-0.3, -0.25) is 9.78 Å². The molecular weight excluding hydrogens is 376 g/mol. The first kappa shape index (κ1) is 20.1. The number of carbonyl (C=O) groups excluding carboxylic acids is 1. The zero-order valence-electron chi connectivity index (χ0n) is 17.5. The quantitative estimate of drug-likeness (QED) is 0.562. The highest BCUT2D eigenvalue weighted by molar-refractivity contribution is 5.77. The van der Waals surface area contributed by atoms with Crippen LogP contribution in [0.3, 0.4) is 0 Å². The van der Waals surface area contributed by atoms with Crippen LogP contribution in [0.15, 0.2) is 54.7 Å². The zero-order chi connectivity index (χ0) is 20.8. The Hall–Kier alpha value is -3.15. The molecule has 3 aromatic rings. The molecule has 0 saturated carbocycles. The number of nitrogens with zero attached hydrogens (tertiary/aromatic N) is 4. The van der Waals surface area contributed by atoms with Crippen molar-refractivity contribution >= 4 is 22.8 Å². The molecule has 0 bridgehead atoms. The van der Waals surface area contributed by atoms with Crippen LogP contribution in [0.2, 0.25) is 0 Å². The first-order valence-electron chi connectivity index (χ1n) is 10.7. The Morgan fingerprint density at radius 1 is 1.00 bits per heavy atom. The summed E-state index contributed by atoms with van der Waals surface area (Å²) in [5.74, 6) is 1.94. The third-order valence-electron chi connectivity index (χ3n) is 5.53. The van der Waals surface area contributed by atoms with E-state index in [-0.39, 0.29) is 5.91 Å². The molecule has 0 N–H and O–H groups in total. The van der Waals surface area contributed by atoms with Crippen LogP contribution in [0.25, 0.3) is 11.0 Å². The number of para-hydroxylation sites is 2. The highest BCUT2D eigenvalue weighted by Gasteiger charge is 2.22. The third-order valence-corrected chi connectivity index (χ3v) is 5.53. The molecule has 30 heavy (non-hydrogen) atoms. The molecule has 1 fully saturated rings. The molecule has 2 heterocycles. The van der Waals surface area contributed by atoms with Gasteiger partial charge in [0.25, 0.3) is 0 Å². The minimum absolute atomic E-state index is 0.198. The molecule has 1 aliphatic heterocycles. The van der Waals surface area contributed by atoms with Crippen molar-refractivity contribution in [1.29, 1.82) is 0 Å². The van der Waals surface area contributed by atoms with Crippen molar-refractivity contribution in [1.82, 2.24) is 14.9 Å². The van der Waals surface area contributed by atoms with Gasteiger partial charge in [0.2, 0.25) is 5.91 Å². The van der Waals surface area contributed by atoms with Crippen LogP contribution in [0.5, 0.6) is 5.75 Å². The molecule has 0 atom stereocenters. The minimum atomic E-state index is 0.198. The van der Waals surface area contributed by atoms with E-state index in [0.717, 1.165) is 48.5 Å². The summed E-state index contributed by atoms with van der Waals surface area (Å²) in [6.07, 6.45) is 4.09. The van der Waals surface area contributed by atoms with E-state index in [1.807, 2.05) is 47.5 Å². The van der Waals surface area contributed by atoms with Crippen molar-refractivity contribution < 1.29 is 9.53 Å². The topological polar surface area (TPSA) is 58.6 Å². The Labute approximate surface area is 177 Å². The molecular formula is C24H28N4O2. The van der Waals surface area contributed by atoms with Gasteiger partial charge in [-0.1, -0.05) is 31.2 Å². The number of benzene rings is 2. The maximum absolute atomic E-state index is 12.5. The molecule has 6 heteroatoms. The number of ether oxygens (including phenoxy) is 1. The monoisotopic (exact) mass is 404 g/mol. The SMILES string of the molecule is CCc1ccc(OCCCC(=O)N2CCN(c3cnc4ccccc4n3)CC2)cc1. The molecule has 156 valence electrons. The lowest BCUT2D eigenvalue weighted by Gasteiger charge is -2.35. The van der Waals surface area contributed by atoms with E-state index < -0.39 is 0 Å². The van der Waals surface area contributed by atoms with E-state index in [1.54, 1.807) is 0 Å². The Morgan fingerprint density at radius 2 is 1.73 bits per heavy atom. The van der Waals surface area contributed by atoms with Crippen LogP contribution in [0, 0.1) is 0 Å². The summed E-state index contributed by atoms with van der Waals surface area (Å²) in [6.45, 7) is 5.68. The van der Waals surface area contributed by atoms with Crippen molar-refractivity contribution in [3.63, 3.8) is 0 Å². The van der Waals surface area contributed by atoms with Gasteiger partial charge in [-0.05, 0) is 42.7 Å². The lowest BCUT2D eigenvalue weighted by Crippen LogP contribution is -2.49. The summed E-state index contributed by atoms with van der Waals surface area (Å²) in [5.41, 5.74) is 3.10. The fourth-order valence-corrected chi connectivity index (χ4v) is 3.68. The molecule has 4 rings (SSSR count). The van der Waals surface area contributed by atoms with E-state index in [9.17, 15) is 4.79 Å². The Kier molecular flexibility index (Phi) is 6.42. The third kappa shape index (κ3) is 4.87. The van der Waals surface area contributed by atoms with Gasteiger partial charge in [0, 0.05) is 32.6 Å². The van der Waals surface area contributed by atoms with Crippen LogP contribution >= 0.6 is 0 Å². The van der Waals surface area contributed by atoms with Crippen LogP contribution < -0.4 is 9.64 Å². The summed E-state index contributed by atoms with van der Waals surface area (Å²) in [5, 5.41) is 0. The second-order valence-electron chi connectivity index (χ2n) is 7.53. The first-order chi connectivity index (χ1) is 14.7. The predicted octanol–water partition coefficient (Wildman–Crippen LogP) is 3.70. The second-order valence-corrected chi connectivity index (χ2v) is 7.53. The van der Waals surface area contributed by atoms with Gasteiger partial charge in [0.15, 0.2) is 0 Å². The summed E-state index contributed by atoms with van der Waals surface area (Å²) in [6, 6.07) is 16.0. The van der Waals surface area contributed by atoms with Crippen LogP contribution in [-0.4, -0.2) is 53.6 Å². The standard InChI is InChI=1S/C24H28N4O2/c1-2-19-9-11-20(12-10-19)30-17-5-8-24(29)28-15-13-27(14-16-28)23-18-25-21-6-3-4-7-22(21)26-23/h3-4,6-7,9-12,18H,2,5,8,13-17H2,1H3. The number of anilines is 1. The second kappa shape index (κ2) is 9.57. The van der Waals surface area contributed by atoms with E-state index in [1.165, 1.54) is 5.56 Å². The smallest absolute Gasteiger partial charge is 0.222 e. The predicted molar refractivity (Wildman–Crippen MR) is 119 cm³/mol. The van der Waals surface area contributed by atoms with Gasteiger partial charge in [-0.25, -0.2) is 4.98 Å². The van der Waals surface area contributed by atoms with Gasteiger partial charge in [0.05, 0.1) is 23.8 Å². The summed E-state index contributed by atoms with van der Waals surface area (Å²) >= 11 is 0. The molecule has 0 radical (unpaired) electrons. The van der Waals surface area contributed by atoms with Gasteiger partial charge in [-0.15, -0.1) is 0 Å². The summed E-state index contributed by atoms with van der Waals surface area (Å²) in [7, 11) is 0. The number of rotatable bonds is 7. The molecule has 0 aliphatic carbocycles. The number of aryl methyl sites for hydroxylation is 1. The van der Waals surface area contributed by atoms with Crippen molar-refractivity contribution in [2.24, 2.45) is 0 Å². The first-order valence-corrected chi connectivity index (χ1v) is 10.7. The van der Waals surface area contributed by atoms with Gasteiger partial charge in [-0.2, -0.15) is 0 Å². The number of carbonyl (C=O) groups is 1. The number of hydrogen-bond donors (Lipinski definition) is 0. The lowest BCUT2D eigenvalue weighted by atomic mass is 10.2. The van der Waals surface area contributed by atoms with Crippen LogP contribution in [0.4, 0.5) is 5.82 Å². The van der Waals surface area contributed by atoms with E-state index >= 15 is 0 Å². The molecule has 1 aliphatic rings. The Balaban J connectivity index is 1.21. The number of aromatic nitrogens is 2. The molecule has 1 amide bonds. The molecule has 6 nitrogen and oxygen atoms in total. The molecule has 0 spiro atoms. The van der Waals surface area contributed by atoms with Crippen molar-refractivity contribution in [2.75, 3.05) is 37.7 Å². The number of piperazine rings is 1. The molecule has 0 unspecified atom stereocenters. The van der Waals surface area contributed by atoms with Crippen molar-refractivity contribution in [2.45, 2.75) is 26.2 Å². The van der Waals surface area contributed by atoms with E-state index in [0.29, 0.717) is 26.1 Å². The van der Waals surface area contributed by atoms with Crippen molar-refractivity contribution in [3.05, 3.63) is 60.3 Å². The Morgan fingerprint density at radius 3 is 2.47 bits per heavy atom. The van der Waals surface area contributed by atoms with Crippen LogP contribution in [-0.2, 0) is 11.2 Å². The zero-order valence-corrected chi connectivity index (χ0v) is 17.5. The van der Waals surface area contributed by atoms with Gasteiger partial charge >= 0.3 is 0 Å². The highest BCUT2D eigenvalue weighted by atomic mass is 16.5. The fraction of sp³-hybridized carbons (Fsp3) is 0.375. The van der Waals surface area contributed by atoms with Crippen LogP contribution in [0.1, 0.15) is 25.3 Å². The van der Waals surface area contributed by atoms with Gasteiger partial charge in [0.1, 0.15) is 11.6 Å². The van der Waals surface area contributed by atoms with Gasteiger partial charge < -0.3 is 14.5 Å². The number of hydrogen-bond acceptors (Lipinski definition) is 5. The largest absolute Gasteiger partial charge is 0.494 e. The average molecular weight is 405 g/mol. The maximum Gasteiger partial charge on any atom is 0.222 e. The van der Waals surface area contributed by atoms with E-state index in [4.69, 9.17) is 9.72 Å². The van der Waals surface area contributed by atoms with Crippen molar-refractivity contribution in [3.8, 4) is 5.75 Å². The summed E-state index contributed by atoms with van der Waals surface area (Å²) < 4.78 is 5.76. The Bertz CT molecular complexity index is 982. The normalized spacial score (nSPS) is 14.2. The maximum atomic E-state index is 12.5.